The summed E-state index contributed by atoms with van der Waals surface area (Å²) in [6, 6.07) is 6.79. The van der Waals surface area contributed by atoms with Crippen LogP contribution in [-0.2, 0) is 10.0 Å². The average molecular weight is 293 g/mol. The summed E-state index contributed by atoms with van der Waals surface area (Å²) >= 11 is 0. The van der Waals surface area contributed by atoms with Crippen molar-refractivity contribution in [3.05, 3.63) is 55.1 Å². The van der Waals surface area contributed by atoms with E-state index in [1.165, 1.54) is 0 Å². The second kappa shape index (κ2) is 8.02. The van der Waals surface area contributed by atoms with Crippen molar-refractivity contribution in [2.45, 2.75) is 43.5 Å². The lowest BCUT2D eigenvalue weighted by Gasteiger charge is -2.17. The first kappa shape index (κ1) is 16.7. The molecule has 0 saturated heterocycles. The fraction of sp³-hybridized carbons (Fsp3) is 0.375. The van der Waals surface area contributed by atoms with E-state index in [4.69, 9.17) is 0 Å². The van der Waals surface area contributed by atoms with Crippen LogP contribution < -0.4 is 4.72 Å². The van der Waals surface area contributed by atoms with Gasteiger partial charge in [0.25, 0.3) is 0 Å². The van der Waals surface area contributed by atoms with Crippen molar-refractivity contribution in [2.24, 2.45) is 0 Å². The van der Waals surface area contributed by atoms with Gasteiger partial charge in [-0.2, -0.15) is 0 Å². The van der Waals surface area contributed by atoms with Gasteiger partial charge in [0.15, 0.2) is 0 Å². The van der Waals surface area contributed by atoms with E-state index in [1.54, 1.807) is 36.4 Å². The lowest BCUT2D eigenvalue weighted by Crippen LogP contribution is -2.34. The largest absolute Gasteiger partial charge is 0.240 e. The second-order valence-corrected chi connectivity index (χ2v) is 6.58. The molecule has 3 nitrogen and oxygen atoms in total. The van der Waals surface area contributed by atoms with E-state index < -0.39 is 10.0 Å². The van der Waals surface area contributed by atoms with Gasteiger partial charge in [-0.25, -0.2) is 13.1 Å². The Labute approximate surface area is 122 Å². The summed E-state index contributed by atoms with van der Waals surface area (Å²) in [6.45, 7) is 9.29. The number of hydrogen-bond donors (Lipinski definition) is 1. The minimum absolute atomic E-state index is 0.0858. The molecule has 0 aliphatic rings. The molecule has 0 saturated carbocycles. The Hall–Kier alpha value is -1.39. The maximum Gasteiger partial charge on any atom is 0.240 e. The van der Waals surface area contributed by atoms with Crippen molar-refractivity contribution >= 4 is 10.0 Å². The SMILES string of the molecule is C=CCCC(CCC=C)NS(=O)(=O)c1ccc(C)cc1. The van der Waals surface area contributed by atoms with E-state index in [9.17, 15) is 8.42 Å². The van der Waals surface area contributed by atoms with Crippen LogP contribution in [-0.4, -0.2) is 14.5 Å². The molecule has 0 radical (unpaired) electrons. The molecule has 4 heteroatoms. The van der Waals surface area contributed by atoms with Crippen LogP contribution >= 0.6 is 0 Å². The van der Waals surface area contributed by atoms with Crippen LogP contribution in [0.15, 0.2) is 54.5 Å². The van der Waals surface area contributed by atoms with Gasteiger partial charge < -0.3 is 0 Å². The molecule has 0 amide bonds. The quantitative estimate of drug-likeness (QED) is 0.707. The third kappa shape index (κ3) is 5.31. The van der Waals surface area contributed by atoms with Crippen molar-refractivity contribution < 1.29 is 8.42 Å². The number of allylic oxidation sites excluding steroid dienone is 2. The molecule has 1 aromatic rings. The van der Waals surface area contributed by atoms with Gasteiger partial charge >= 0.3 is 0 Å². The van der Waals surface area contributed by atoms with Gasteiger partial charge in [0.1, 0.15) is 0 Å². The molecule has 1 N–H and O–H groups in total. The number of sulfonamides is 1. The van der Waals surface area contributed by atoms with Gasteiger partial charge in [-0.1, -0.05) is 29.8 Å². The molecule has 0 heterocycles. The molecule has 110 valence electrons. The molecule has 1 rings (SSSR count). The summed E-state index contributed by atoms with van der Waals surface area (Å²) in [5.74, 6) is 0. The van der Waals surface area contributed by atoms with Crippen LogP contribution in [0.1, 0.15) is 31.2 Å². The average Bonchev–Trinajstić information content (AvgIpc) is 2.42. The monoisotopic (exact) mass is 293 g/mol. The first-order chi connectivity index (χ1) is 9.49. The third-order valence-electron chi connectivity index (χ3n) is 3.09. The summed E-state index contributed by atoms with van der Waals surface area (Å²) in [4.78, 5) is 0.310. The summed E-state index contributed by atoms with van der Waals surface area (Å²) in [5, 5.41) is 0. The Morgan fingerprint density at radius 1 is 1.10 bits per heavy atom. The van der Waals surface area contributed by atoms with Gasteiger partial charge in [-0.05, 0) is 44.7 Å². The van der Waals surface area contributed by atoms with E-state index in [0.717, 1.165) is 31.2 Å². The predicted molar refractivity (Wildman–Crippen MR) is 84.2 cm³/mol. The van der Waals surface area contributed by atoms with Crippen LogP contribution in [0.3, 0.4) is 0 Å². The van der Waals surface area contributed by atoms with Crippen LogP contribution in [0, 0.1) is 6.92 Å². The van der Waals surface area contributed by atoms with E-state index >= 15 is 0 Å². The Bertz CT molecular complexity index is 520. The van der Waals surface area contributed by atoms with Crippen LogP contribution in [0.25, 0.3) is 0 Å². The van der Waals surface area contributed by atoms with Crippen molar-refractivity contribution in [3.8, 4) is 0 Å². The number of benzene rings is 1. The van der Waals surface area contributed by atoms with Crippen LogP contribution in [0.5, 0.6) is 0 Å². The zero-order valence-corrected chi connectivity index (χ0v) is 12.8. The Kier molecular flexibility index (Phi) is 6.68. The lowest BCUT2D eigenvalue weighted by molar-refractivity contribution is 0.508. The molecule has 20 heavy (non-hydrogen) atoms. The highest BCUT2D eigenvalue weighted by Crippen LogP contribution is 2.14. The highest BCUT2D eigenvalue weighted by molar-refractivity contribution is 7.89. The molecular weight excluding hydrogens is 270 g/mol. The van der Waals surface area contributed by atoms with Crippen LogP contribution in [0.4, 0.5) is 0 Å². The first-order valence-corrected chi connectivity index (χ1v) is 8.28. The zero-order chi connectivity index (χ0) is 15.0. The van der Waals surface area contributed by atoms with Gasteiger partial charge in [0.2, 0.25) is 10.0 Å². The molecule has 0 unspecified atom stereocenters. The maximum absolute atomic E-state index is 12.3. The number of rotatable bonds is 9. The first-order valence-electron chi connectivity index (χ1n) is 6.80. The highest BCUT2D eigenvalue weighted by Gasteiger charge is 2.19. The molecule has 0 bridgehead atoms. The van der Waals surface area contributed by atoms with Gasteiger partial charge in [-0.3, -0.25) is 0 Å². The van der Waals surface area contributed by atoms with E-state index in [2.05, 4.69) is 17.9 Å². The second-order valence-electron chi connectivity index (χ2n) is 4.86. The normalized spacial score (nSPS) is 11.5. The Morgan fingerprint density at radius 2 is 1.60 bits per heavy atom. The molecule has 0 fully saturated rings. The van der Waals surface area contributed by atoms with Crippen molar-refractivity contribution in [1.82, 2.24) is 4.72 Å². The minimum Gasteiger partial charge on any atom is -0.208 e. The smallest absolute Gasteiger partial charge is 0.208 e. The maximum atomic E-state index is 12.3. The van der Waals surface area contributed by atoms with E-state index in [-0.39, 0.29) is 6.04 Å². The Morgan fingerprint density at radius 3 is 2.05 bits per heavy atom. The highest BCUT2D eigenvalue weighted by atomic mass is 32.2. The predicted octanol–water partition coefficient (Wildman–Crippen LogP) is 3.57. The standard InChI is InChI=1S/C16H23NO2S/c1-4-6-8-15(9-7-5-2)17-20(18,19)16-12-10-14(3)11-13-16/h4-5,10-13,15,17H,1-2,6-9H2,3H3. The minimum atomic E-state index is -3.46. The number of aryl methyl sites for hydroxylation is 1. The molecule has 0 aliphatic carbocycles. The van der Waals surface area contributed by atoms with Gasteiger partial charge in [0.05, 0.1) is 4.90 Å². The summed E-state index contributed by atoms with van der Waals surface area (Å²) in [7, 11) is -3.46. The molecular formula is C16H23NO2S. The molecule has 0 aromatic heterocycles. The molecule has 0 spiro atoms. The third-order valence-corrected chi connectivity index (χ3v) is 4.63. The van der Waals surface area contributed by atoms with E-state index in [0.29, 0.717) is 4.90 Å². The number of nitrogens with one attached hydrogen (secondary N) is 1. The van der Waals surface area contributed by atoms with Crippen LogP contribution in [0.2, 0.25) is 0 Å². The topological polar surface area (TPSA) is 46.2 Å². The van der Waals surface area contributed by atoms with Crippen molar-refractivity contribution in [1.29, 1.82) is 0 Å². The summed E-state index contributed by atoms with van der Waals surface area (Å²) < 4.78 is 27.4. The van der Waals surface area contributed by atoms with Crippen molar-refractivity contribution in [3.63, 3.8) is 0 Å². The van der Waals surface area contributed by atoms with Gasteiger partial charge in [-0.15, -0.1) is 13.2 Å². The lowest BCUT2D eigenvalue weighted by atomic mass is 10.1. The van der Waals surface area contributed by atoms with Gasteiger partial charge in [0, 0.05) is 6.04 Å². The molecule has 0 aliphatic heterocycles. The fourth-order valence-corrected chi connectivity index (χ4v) is 3.21. The number of hydrogen-bond acceptors (Lipinski definition) is 2. The van der Waals surface area contributed by atoms with E-state index in [1.807, 2.05) is 6.92 Å². The fourth-order valence-electron chi connectivity index (χ4n) is 1.91. The molecule has 0 atom stereocenters. The van der Waals surface area contributed by atoms with Crippen molar-refractivity contribution in [2.75, 3.05) is 0 Å². The summed E-state index contributed by atoms with van der Waals surface area (Å²) in [6.07, 6.45) is 6.70. The molecule has 1 aromatic carbocycles. The Balaban J connectivity index is 2.80. The zero-order valence-electron chi connectivity index (χ0n) is 12.0. The summed E-state index contributed by atoms with van der Waals surface area (Å²) in [5.41, 5.74) is 1.04.